The van der Waals surface area contributed by atoms with Gasteiger partial charge in [-0.15, -0.1) is 0 Å². The third kappa shape index (κ3) is 2.94. The number of carbonyl (C=O) groups excluding carboxylic acids is 3. The molecule has 1 aliphatic carbocycles. The number of benzene rings is 1. The summed E-state index contributed by atoms with van der Waals surface area (Å²) < 4.78 is 9.94. The molecule has 0 saturated heterocycles. The zero-order chi connectivity index (χ0) is 19.0. The molecule has 7 heteroatoms. The van der Waals surface area contributed by atoms with Crippen LogP contribution >= 0.6 is 0 Å². The van der Waals surface area contributed by atoms with E-state index in [1.54, 1.807) is 19.1 Å². The van der Waals surface area contributed by atoms with Crippen molar-refractivity contribution in [3.05, 3.63) is 35.0 Å². The number of methoxy groups -OCH3 is 2. The molecule has 1 aliphatic heterocycles. The largest absolute Gasteiger partial charge is 0.504 e. The molecule has 2 aliphatic rings. The smallest absolute Gasteiger partial charge is 0.316 e. The van der Waals surface area contributed by atoms with Crippen LogP contribution < -0.4 is 10.1 Å². The van der Waals surface area contributed by atoms with E-state index in [4.69, 9.17) is 9.47 Å². The topological polar surface area (TPSA) is 102 Å². The number of ether oxygens (including phenoxy) is 2. The van der Waals surface area contributed by atoms with Crippen molar-refractivity contribution in [1.82, 2.24) is 5.32 Å². The predicted octanol–water partition coefficient (Wildman–Crippen LogP) is 1.66. The molecular weight excluding hydrogens is 338 g/mol. The van der Waals surface area contributed by atoms with Crippen LogP contribution in [0.3, 0.4) is 0 Å². The monoisotopic (exact) mass is 359 g/mol. The minimum absolute atomic E-state index is 0.0262. The van der Waals surface area contributed by atoms with Crippen molar-refractivity contribution in [3.8, 4) is 11.5 Å². The van der Waals surface area contributed by atoms with Crippen LogP contribution in [0, 0.1) is 11.8 Å². The van der Waals surface area contributed by atoms with Gasteiger partial charge in [-0.1, -0.05) is 13.0 Å². The summed E-state index contributed by atoms with van der Waals surface area (Å²) in [5, 5.41) is 12.6. The molecule has 0 bridgehead atoms. The maximum Gasteiger partial charge on any atom is 0.316 e. The number of phenols is 1. The molecule has 1 aromatic rings. The van der Waals surface area contributed by atoms with Gasteiger partial charge in [0.25, 0.3) is 0 Å². The normalized spacial score (nSPS) is 25.4. The minimum atomic E-state index is -0.879. The highest BCUT2D eigenvalue weighted by Crippen LogP contribution is 2.43. The van der Waals surface area contributed by atoms with E-state index in [0.29, 0.717) is 23.3 Å². The zero-order valence-corrected chi connectivity index (χ0v) is 14.9. The fourth-order valence-corrected chi connectivity index (χ4v) is 3.79. The number of nitrogens with one attached hydrogen (secondary N) is 1. The number of carbonyl (C=O) groups is 3. The summed E-state index contributed by atoms with van der Waals surface area (Å²) in [6.07, 6.45) is 0.499. The van der Waals surface area contributed by atoms with Crippen molar-refractivity contribution >= 4 is 17.7 Å². The molecule has 0 radical (unpaired) electrons. The molecule has 0 saturated carbocycles. The van der Waals surface area contributed by atoms with Crippen LogP contribution in [0.25, 0.3) is 0 Å². The van der Waals surface area contributed by atoms with E-state index in [1.807, 2.05) is 0 Å². The van der Waals surface area contributed by atoms with Gasteiger partial charge < -0.3 is 19.9 Å². The number of esters is 1. The summed E-state index contributed by atoms with van der Waals surface area (Å²) in [6, 6.07) is 4.74. The molecule has 2 N–H and O–H groups in total. The molecule has 26 heavy (non-hydrogen) atoms. The van der Waals surface area contributed by atoms with Gasteiger partial charge in [0, 0.05) is 23.6 Å². The van der Waals surface area contributed by atoms with Crippen LogP contribution in [0.5, 0.6) is 11.5 Å². The van der Waals surface area contributed by atoms with Crippen LogP contribution in [0.2, 0.25) is 0 Å². The van der Waals surface area contributed by atoms with Crippen molar-refractivity contribution < 1.29 is 29.0 Å². The van der Waals surface area contributed by atoms with E-state index in [2.05, 4.69) is 5.32 Å². The molecule has 0 spiro atoms. The average Bonchev–Trinajstić information content (AvgIpc) is 2.60. The highest BCUT2D eigenvalue weighted by molar-refractivity contribution is 6.11. The number of allylic oxidation sites excluding steroid dienone is 2. The second-order valence-electron chi connectivity index (χ2n) is 6.67. The lowest BCUT2D eigenvalue weighted by atomic mass is 9.70. The maximum atomic E-state index is 13.1. The third-order valence-corrected chi connectivity index (χ3v) is 5.06. The summed E-state index contributed by atoms with van der Waals surface area (Å²) in [5.41, 5.74) is 1.68. The van der Waals surface area contributed by atoms with Gasteiger partial charge in [-0.3, -0.25) is 14.4 Å². The Bertz CT molecular complexity index is 812. The summed E-state index contributed by atoms with van der Waals surface area (Å²) in [6.45, 7) is 1.79. The van der Waals surface area contributed by atoms with Crippen molar-refractivity contribution in [3.63, 3.8) is 0 Å². The summed E-state index contributed by atoms with van der Waals surface area (Å²) in [7, 11) is 2.69. The SMILES string of the molecule is COC(=O)[C@@H]1C(=O)C2=C(C[C@H]1C)NC(=O)C[C@H]2c1ccc(O)c(OC)c1. The molecule has 3 rings (SSSR count). The second kappa shape index (κ2) is 6.82. The fraction of sp³-hybridized carbons (Fsp3) is 0.421. The third-order valence-electron chi connectivity index (χ3n) is 5.06. The second-order valence-corrected chi connectivity index (χ2v) is 6.67. The molecule has 138 valence electrons. The van der Waals surface area contributed by atoms with Gasteiger partial charge in [0.15, 0.2) is 17.3 Å². The van der Waals surface area contributed by atoms with E-state index in [9.17, 15) is 19.5 Å². The van der Waals surface area contributed by atoms with Gasteiger partial charge in [-0.2, -0.15) is 0 Å². The fourth-order valence-electron chi connectivity index (χ4n) is 3.79. The zero-order valence-electron chi connectivity index (χ0n) is 14.9. The van der Waals surface area contributed by atoms with E-state index < -0.39 is 17.8 Å². The number of aromatic hydroxyl groups is 1. The Hall–Kier alpha value is -2.83. The number of rotatable bonds is 3. The maximum absolute atomic E-state index is 13.1. The number of ketones is 1. The molecule has 0 unspecified atom stereocenters. The Morgan fingerprint density at radius 2 is 1.96 bits per heavy atom. The number of hydrogen-bond donors (Lipinski definition) is 2. The first-order valence-corrected chi connectivity index (χ1v) is 8.39. The molecule has 7 nitrogen and oxygen atoms in total. The first kappa shape index (κ1) is 18.0. The van der Waals surface area contributed by atoms with Crippen molar-refractivity contribution in [1.29, 1.82) is 0 Å². The Labute approximate surface area is 151 Å². The van der Waals surface area contributed by atoms with Crippen LogP contribution in [-0.2, 0) is 19.1 Å². The van der Waals surface area contributed by atoms with E-state index >= 15 is 0 Å². The lowest BCUT2D eigenvalue weighted by Crippen LogP contribution is -2.44. The summed E-state index contributed by atoms with van der Waals surface area (Å²) in [5.74, 6) is -2.47. The molecule has 1 heterocycles. The van der Waals surface area contributed by atoms with Gasteiger partial charge >= 0.3 is 5.97 Å². The molecular formula is C19H21NO6. The van der Waals surface area contributed by atoms with E-state index in [1.165, 1.54) is 20.3 Å². The standard InChI is InChI=1S/C19H21NO6/c1-9-6-12-17(18(23)16(9)19(24)26-3)11(8-15(22)20-12)10-4-5-13(21)14(7-10)25-2/h4-5,7,9,11,16,21H,6,8H2,1-3H3,(H,20,22)/t9-,11+,16+/m1/s1. The molecule has 1 amide bonds. The van der Waals surface area contributed by atoms with Gasteiger partial charge in [-0.25, -0.2) is 0 Å². The van der Waals surface area contributed by atoms with Crippen molar-refractivity contribution in [2.24, 2.45) is 11.8 Å². The van der Waals surface area contributed by atoms with Crippen LogP contribution in [-0.4, -0.2) is 37.0 Å². The first-order valence-electron chi connectivity index (χ1n) is 8.39. The van der Waals surface area contributed by atoms with Crippen LogP contribution in [0.15, 0.2) is 29.5 Å². The lowest BCUT2D eigenvalue weighted by Gasteiger charge is -2.36. The first-order chi connectivity index (χ1) is 12.4. The Morgan fingerprint density at radius 1 is 1.23 bits per heavy atom. The Morgan fingerprint density at radius 3 is 2.62 bits per heavy atom. The Kier molecular flexibility index (Phi) is 4.71. The highest BCUT2D eigenvalue weighted by atomic mass is 16.5. The number of phenolic OH excluding ortho intramolecular Hbond substituents is 1. The van der Waals surface area contributed by atoms with Gasteiger partial charge in [-0.05, 0) is 30.0 Å². The van der Waals surface area contributed by atoms with E-state index in [-0.39, 0.29) is 35.5 Å². The number of hydrogen-bond acceptors (Lipinski definition) is 6. The molecule has 1 aromatic carbocycles. The summed E-state index contributed by atoms with van der Waals surface area (Å²) in [4.78, 5) is 37.4. The van der Waals surface area contributed by atoms with Crippen LogP contribution in [0.1, 0.15) is 31.2 Å². The average molecular weight is 359 g/mol. The van der Waals surface area contributed by atoms with Gasteiger partial charge in [0.1, 0.15) is 5.92 Å². The Balaban J connectivity index is 2.08. The highest BCUT2D eigenvalue weighted by Gasteiger charge is 2.45. The molecule has 3 atom stereocenters. The predicted molar refractivity (Wildman–Crippen MR) is 91.5 cm³/mol. The quantitative estimate of drug-likeness (QED) is 0.629. The summed E-state index contributed by atoms with van der Waals surface area (Å²) >= 11 is 0. The number of amides is 1. The minimum Gasteiger partial charge on any atom is -0.504 e. The van der Waals surface area contributed by atoms with Gasteiger partial charge in [0.2, 0.25) is 5.91 Å². The lowest BCUT2D eigenvalue weighted by molar-refractivity contribution is -0.151. The molecule has 0 fully saturated rings. The number of Topliss-reactive ketones (excluding diaryl/α,β-unsaturated/α-hetero) is 1. The van der Waals surface area contributed by atoms with E-state index in [0.717, 1.165) is 0 Å². The van der Waals surface area contributed by atoms with Crippen LogP contribution in [0.4, 0.5) is 0 Å². The van der Waals surface area contributed by atoms with Crippen molar-refractivity contribution in [2.75, 3.05) is 14.2 Å². The van der Waals surface area contributed by atoms with Crippen molar-refractivity contribution in [2.45, 2.75) is 25.7 Å². The molecule has 0 aromatic heterocycles. The van der Waals surface area contributed by atoms with Gasteiger partial charge in [0.05, 0.1) is 14.2 Å².